The number of hydrogen-bond acceptors (Lipinski definition) is 5. The Hall–Kier alpha value is -2.60. The number of amides is 1. The van der Waals surface area contributed by atoms with Crippen molar-refractivity contribution in [3.05, 3.63) is 60.2 Å². The molecule has 2 aromatic rings. The number of nitrogens with zero attached hydrogens (tertiary/aromatic N) is 2. The molecule has 0 aliphatic carbocycles. The van der Waals surface area contributed by atoms with Crippen LogP contribution >= 0.6 is 11.8 Å². The summed E-state index contributed by atoms with van der Waals surface area (Å²) < 4.78 is 5.74. The van der Waals surface area contributed by atoms with Crippen molar-refractivity contribution in [1.29, 1.82) is 0 Å². The van der Waals surface area contributed by atoms with Crippen LogP contribution in [0.4, 0.5) is 5.69 Å². The van der Waals surface area contributed by atoms with Crippen LogP contribution in [0, 0.1) is 0 Å². The van der Waals surface area contributed by atoms with Gasteiger partial charge in [-0.1, -0.05) is 43.3 Å². The molecule has 3 rings (SSSR count). The molecule has 0 atom stereocenters. The van der Waals surface area contributed by atoms with Gasteiger partial charge >= 0.3 is 0 Å². The predicted molar refractivity (Wildman–Crippen MR) is 122 cm³/mol. The summed E-state index contributed by atoms with van der Waals surface area (Å²) in [6.07, 6.45) is 2.15. The molecule has 1 N–H and O–H groups in total. The second kappa shape index (κ2) is 9.74. The van der Waals surface area contributed by atoms with E-state index in [2.05, 4.69) is 12.2 Å². The van der Waals surface area contributed by atoms with Crippen LogP contribution in [-0.2, 0) is 4.79 Å². The molecule has 0 unspecified atom stereocenters. The van der Waals surface area contributed by atoms with E-state index in [1.54, 1.807) is 0 Å². The average molecular weight is 410 g/mol. The maximum Gasteiger partial charge on any atom is 0.234 e. The Labute approximate surface area is 176 Å². The largest absolute Gasteiger partial charge is 0.494 e. The lowest BCUT2D eigenvalue weighted by Gasteiger charge is -2.09. The molecule has 1 amide bonds. The average Bonchev–Trinajstić information content (AvgIpc) is 3.02. The molecule has 0 saturated carbocycles. The molecule has 2 aromatic carbocycles. The minimum Gasteiger partial charge on any atom is -0.494 e. The summed E-state index contributed by atoms with van der Waals surface area (Å²) in [4.78, 5) is 21.8. The molecular weight excluding hydrogens is 382 g/mol. The van der Waals surface area contributed by atoms with Gasteiger partial charge in [0.05, 0.1) is 18.1 Å². The van der Waals surface area contributed by atoms with E-state index in [-0.39, 0.29) is 11.7 Å². The number of aliphatic imine (C=N–C) groups is 2. The van der Waals surface area contributed by atoms with Gasteiger partial charge in [-0.05, 0) is 56.7 Å². The smallest absolute Gasteiger partial charge is 0.234 e. The first-order chi connectivity index (χ1) is 14.0. The SMILES string of the molecule is CCCCOc1ccc(C2=NC(C)(C)N=C2SCC(=O)Nc2ccccc2)cc1. The van der Waals surface area contributed by atoms with Crippen molar-refractivity contribution in [1.82, 2.24) is 0 Å². The van der Waals surface area contributed by atoms with E-state index in [1.165, 1.54) is 11.8 Å². The minimum atomic E-state index is -0.524. The van der Waals surface area contributed by atoms with Crippen molar-refractivity contribution in [3.63, 3.8) is 0 Å². The number of unbranched alkanes of at least 4 members (excludes halogenated alkanes) is 1. The van der Waals surface area contributed by atoms with Crippen molar-refractivity contribution >= 4 is 34.1 Å². The van der Waals surface area contributed by atoms with Gasteiger partial charge < -0.3 is 10.1 Å². The first kappa shape index (κ1) is 21.1. The number of ether oxygens (including phenoxy) is 1. The fourth-order valence-corrected chi connectivity index (χ4v) is 3.76. The Balaban J connectivity index is 1.64. The number of anilines is 1. The maximum atomic E-state index is 12.3. The molecule has 6 heteroatoms. The standard InChI is InChI=1S/C23H27N3O2S/c1-4-5-15-28-19-13-11-17(12-14-19)21-22(26-23(2,3)25-21)29-16-20(27)24-18-9-7-6-8-10-18/h6-14H,4-5,15-16H2,1-3H3,(H,24,27). The molecule has 5 nitrogen and oxygen atoms in total. The summed E-state index contributed by atoms with van der Waals surface area (Å²) in [5.74, 6) is 1.07. The van der Waals surface area contributed by atoms with Gasteiger partial charge in [0.2, 0.25) is 5.91 Å². The van der Waals surface area contributed by atoms with Gasteiger partial charge in [-0.25, -0.2) is 4.99 Å². The molecule has 1 aliphatic heterocycles. The highest BCUT2D eigenvalue weighted by atomic mass is 32.2. The third-order valence-corrected chi connectivity index (χ3v) is 5.22. The third-order valence-electron chi connectivity index (χ3n) is 4.26. The molecule has 0 radical (unpaired) electrons. The molecule has 152 valence electrons. The fourth-order valence-electron chi connectivity index (χ4n) is 2.83. The summed E-state index contributed by atoms with van der Waals surface area (Å²) in [5.41, 5.74) is 2.07. The Morgan fingerprint density at radius 2 is 1.79 bits per heavy atom. The number of benzene rings is 2. The number of thioether (sulfide) groups is 1. The van der Waals surface area contributed by atoms with Crippen LogP contribution in [0.15, 0.2) is 64.6 Å². The lowest BCUT2D eigenvalue weighted by atomic mass is 10.1. The summed E-state index contributed by atoms with van der Waals surface area (Å²) in [6.45, 7) is 6.80. The van der Waals surface area contributed by atoms with Crippen LogP contribution in [0.3, 0.4) is 0 Å². The van der Waals surface area contributed by atoms with Gasteiger partial charge in [0.25, 0.3) is 0 Å². The molecule has 0 aromatic heterocycles. The van der Waals surface area contributed by atoms with E-state index in [1.807, 2.05) is 68.4 Å². The zero-order chi connectivity index (χ0) is 20.7. The van der Waals surface area contributed by atoms with E-state index in [0.29, 0.717) is 0 Å². The molecule has 0 bridgehead atoms. The van der Waals surface area contributed by atoms with Crippen molar-refractivity contribution in [2.75, 3.05) is 17.7 Å². The van der Waals surface area contributed by atoms with Crippen LogP contribution < -0.4 is 10.1 Å². The Kier molecular flexibility index (Phi) is 7.09. The normalized spacial score (nSPS) is 14.9. The van der Waals surface area contributed by atoms with Gasteiger partial charge in [0.1, 0.15) is 16.5 Å². The summed E-state index contributed by atoms with van der Waals surface area (Å²) in [5, 5.41) is 3.69. The highest BCUT2D eigenvalue weighted by molar-refractivity contribution is 8.16. The van der Waals surface area contributed by atoms with Crippen LogP contribution in [0.1, 0.15) is 39.2 Å². The Morgan fingerprint density at radius 3 is 2.48 bits per heavy atom. The number of carbonyl (C=O) groups is 1. The molecule has 0 saturated heterocycles. The van der Waals surface area contributed by atoms with Crippen LogP contribution in [0.5, 0.6) is 5.75 Å². The number of para-hydroxylation sites is 1. The van der Waals surface area contributed by atoms with Crippen molar-refractivity contribution < 1.29 is 9.53 Å². The monoisotopic (exact) mass is 409 g/mol. The van der Waals surface area contributed by atoms with Gasteiger partial charge in [0, 0.05) is 11.3 Å². The molecule has 1 heterocycles. The van der Waals surface area contributed by atoms with Crippen LogP contribution in [0.25, 0.3) is 0 Å². The summed E-state index contributed by atoms with van der Waals surface area (Å²) >= 11 is 1.41. The number of rotatable bonds is 8. The van der Waals surface area contributed by atoms with Crippen molar-refractivity contribution in [2.24, 2.45) is 9.98 Å². The van der Waals surface area contributed by atoms with Crippen LogP contribution in [0.2, 0.25) is 0 Å². The molecule has 0 fully saturated rings. The van der Waals surface area contributed by atoms with Crippen molar-refractivity contribution in [3.8, 4) is 5.75 Å². The van der Waals surface area contributed by atoms with E-state index in [4.69, 9.17) is 14.7 Å². The summed E-state index contributed by atoms with van der Waals surface area (Å²) in [7, 11) is 0. The molecule has 1 aliphatic rings. The second-order valence-electron chi connectivity index (χ2n) is 7.30. The van der Waals surface area contributed by atoms with E-state index in [9.17, 15) is 4.79 Å². The highest BCUT2D eigenvalue weighted by Gasteiger charge is 2.28. The number of nitrogens with one attached hydrogen (secondary N) is 1. The van der Waals surface area contributed by atoms with E-state index < -0.39 is 5.66 Å². The van der Waals surface area contributed by atoms with Gasteiger partial charge in [-0.2, -0.15) is 0 Å². The minimum absolute atomic E-state index is 0.0624. The van der Waals surface area contributed by atoms with Crippen molar-refractivity contribution in [2.45, 2.75) is 39.3 Å². The summed E-state index contributed by atoms with van der Waals surface area (Å²) in [6, 6.07) is 17.4. The van der Waals surface area contributed by atoms with Gasteiger partial charge in [-0.15, -0.1) is 0 Å². The topological polar surface area (TPSA) is 63.1 Å². The number of carbonyl (C=O) groups excluding carboxylic acids is 1. The van der Waals surface area contributed by atoms with Crippen LogP contribution in [-0.4, -0.2) is 34.7 Å². The number of hydrogen-bond donors (Lipinski definition) is 1. The molecule has 29 heavy (non-hydrogen) atoms. The maximum absolute atomic E-state index is 12.3. The zero-order valence-electron chi connectivity index (χ0n) is 17.1. The Morgan fingerprint density at radius 1 is 1.07 bits per heavy atom. The predicted octanol–water partition coefficient (Wildman–Crippen LogP) is 5.17. The third kappa shape index (κ3) is 6.19. The van der Waals surface area contributed by atoms with E-state index >= 15 is 0 Å². The molecular formula is C23H27N3O2S. The Bertz CT molecular complexity index is 890. The first-order valence-electron chi connectivity index (χ1n) is 9.88. The lowest BCUT2D eigenvalue weighted by molar-refractivity contribution is -0.113. The van der Waals surface area contributed by atoms with Gasteiger partial charge in [-0.3, -0.25) is 9.79 Å². The van der Waals surface area contributed by atoms with Gasteiger partial charge in [0.15, 0.2) is 0 Å². The van der Waals surface area contributed by atoms with E-state index in [0.717, 1.165) is 47.2 Å². The highest BCUT2D eigenvalue weighted by Crippen LogP contribution is 2.27. The quantitative estimate of drug-likeness (QED) is 0.612. The zero-order valence-corrected chi connectivity index (χ0v) is 18.0. The first-order valence-corrected chi connectivity index (χ1v) is 10.9. The molecule has 0 spiro atoms. The lowest BCUT2D eigenvalue weighted by Crippen LogP contribution is -2.17. The second-order valence-corrected chi connectivity index (χ2v) is 8.27. The fraction of sp³-hybridized carbons (Fsp3) is 0.348.